The van der Waals surface area contributed by atoms with Crippen LogP contribution < -0.4 is 15.6 Å². The third-order valence-electron chi connectivity index (χ3n) is 11.2. The number of hydrogen-bond donors (Lipinski definition) is 2. The van der Waals surface area contributed by atoms with E-state index in [1.165, 1.54) is 30.6 Å². The van der Waals surface area contributed by atoms with Gasteiger partial charge in [0.2, 0.25) is 15.9 Å². The molecule has 344 valence electrons. The van der Waals surface area contributed by atoms with Crippen molar-refractivity contribution in [1.82, 2.24) is 44.4 Å². The summed E-state index contributed by atoms with van der Waals surface area (Å²) >= 11 is 6.51. The van der Waals surface area contributed by atoms with Gasteiger partial charge in [0.1, 0.15) is 47.8 Å². The lowest BCUT2D eigenvalue weighted by Crippen LogP contribution is -2.38. The van der Waals surface area contributed by atoms with Crippen molar-refractivity contribution in [2.45, 2.75) is 63.3 Å². The number of alkyl halides is 7. The second-order valence-corrected chi connectivity index (χ2v) is 18.1. The minimum absolute atomic E-state index is 0.0701. The lowest BCUT2D eigenvalue weighted by molar-refractivity contribution is -0.141. The standard InChI is InChI=1S/C41H30ClF9N10O4S/c1-17-52-13-20(14-53-17)19-3-4-23-27(10-19)55-38(61(39(23)63)29-6-5-26(42)32-34(29)60(16-40(47,48)49)57-37(32)58-66(2,64)65)28(9-18-7-21(43)11-22(44)8-18)54-30(62)15-59-35-31(33(56-59)36(45)46)24-12-25(24)41(35,50)51/h3-8,10-11,13-14,24-25,28,36H,9,12,15-16H2,1-2H3,(H,54,62)(H,57,58)/t24-,25+,28-/m0/s1. The number of sulfonamides is 1. The molecule has 2 aliphatic rings. The van der Waals surface area contributed by atoms with E-state index in [0.717, 1.165) is 28.8 Å². The summed E-state index contributed by atoms with van der Waals surface area (Å²) in [5.74, 6) is -9.97. The SMILES string of the molecule is Cc1ncc(-c2ccc3c(=O)n(-c4ccc(Cl)c5c(NS(C)(=O)=O)nn(CC(F)(F)F)c45)c([C@H](Cc4cc(F)cc(F)c4)NC(=O)Cn4nc(C(F)F)c5c4C(F)(F)[C@@H]4C[C@H]54)nc3c2)cn1. The van der Waals surface area contributed by atoms with E-state index in [9.17, 15) is 43.9 Å². The van der Waals surface area contributed by atoms with Gasteiger partial charge in [0.15, 0.2) is 5.82 Å². The summed E-state index contributed by atoms with van der Waals surface area (Å²) in [6.07, 6.45) is -5.37. The molecular formula is C41H30ClF9N10O4S. The van der Waals surface area contributed by atoms with Crippen molar-refractivity contribution in [3.8, 4) is 16.8 Å². The number of anilines is 1. The molecule has 0 saturated heterocycles. The minimum Gasteiger partial charge on any atom is -0.344 e. The topological polar surface area (TPSA) is 172 Å². The molecule has 7 aromatic rings. The van der Waals surface area contributed by atoms with Crippen molar-refractivity contribution in [3.05, 3.63) is 122 Å². The van der Waals surface area contributed by atoms with Gasteiger partial charge >= 0.3 is 6.18 Å². The zero-order valence-electron chi connectivity index (χ0n) is 33.8. The molecule has 0 radical (unpaired) electrons. The molecule has 9 rings (SSSR count). The molecule has 2 N–H and O–H groups in total. The van der Waals surface area contributed by atoms with Crippen molar-refractivity contribution < 1.29 is 52.7 Å². The Morgan fingerprint density at radius 2 is 1.68 bits per heavy atom. The monoisotopic (exact) mass is 964 g/mol. The Labute approximate surface area is 370 Å². The summed E-state index contributed by atoms with van der Waals surface area (Å²) in [6, 6.07) is 6.97. The number of aromatic nitrogens is 8. The van der Waals surface area contributed by atoms with Gasteiger partial charge in [0.25, 0.3) is 17.9 Å². The molecule has 0 spiro atoms. The highest BCUT2D eigenvalue weighted by atomic mass is 35.5. The first-order valence-electron chi connectivity index (χ1n) is 19.6. The maximum atomic E-state index is 15.6. The fourth-order valence-electron chi connectivity index (χ4n) is 8.49. The van der Waals surface area contributed by atoms with E-state index in [0.29, 0.717) is 38.6 Å². The molecule has 3 atom stereocenters. The maximum Gasteiger partial charge on any atom is 0.408 e. The first-order chi connectivity index (χ1) is 31.0. The van der Waals surface area contributed by atoms with Crippen LogP contribution in [-0.4, -0.2) is 65.8 Å². The van der Waals surface area contributed by atoms with Gasteiger partial charge in [-0.05, 0) is 66.8 Å². The van der Waals surface area contributed by atoms with Gasteiger partial charge in [-0.1, -0.05) is 17.7 Å². The number of benzene rings is 3. The lowest BCUT2D eigenvalue weighted by Gasteiger charge is -2.24. The third kappa shape index (κ3) is 8.19. The molecule has 0 unspecified atom stereocenters. The number of amides is 1. The van der Waals surface area contributed by atoms with Crippen molar-refractivity contribution in [1.29, 1.82) is 0 Å². The van der Waals surface area contributed by atoms with Crippen LogP contribution in [0.4, 0.5) is 45.3 Å². The van der Waals surface area contributed by atoms with Crippen molar-refractivity contribution in [2.24, 2.45) is 5.92 Å². The molecule has 14 nitrogen and oxygen atoms in total. The predicted octanol–water partition coefficient (Wildman–Crippen LogP) is 7.81. The summed E-state index contributed by atoms with van der Waals surface area (Å²) in [6.45, 7) is -1.34. The van der Waals surface area contributed by atoms with Crippen LogP contribution in [-0.2, 0) is 40.3 Å². The molecule has 4 aromatic heterocycles. The van der Waals surface area contributed by atoms with Crippen LogP contribution in [0.2, 0.25) is 5.02 Å². The van der Waals surface area contributed by atoms with E-state index in [1.54, 1.807) is 6.92 Å². The average Bonchev–Trinajstić information content (AvgIpc) is 3.74. The number of hydrogen-bond acceptors (Lipinski definition) is 9. The van der Waals surface area contributed by atoms with E-state index in [2.05, 4.69) is 25.5 Å². The van der Waals surface area contributed by atoms with Gasteiger partial charge in [-0.3, -0.25) is 28.2 Å². The highest BCUT2D eigenvalue weighted by Gasteiger charge is 2.67. The van der Waals surface area contributed by atoms with Gasteiger partial charge in [-0.2, -0.15) is 32.1 Å². The number of carbonyl (C=O) groups excluding carboxylic acids is 1. The summed E-state index contributed by atoms with van der Waals surface area (Å²) in [5, 5.41) is 9.15. The van der Waals surface area contributed by atoms with Gasteiger partial charge < -0.3 is 5.32 Å². The molecule has 1 fully saturated rings. The highest BCUT2D eigenvalue weighted by Crippen LogP contribution is 2.68. The summed E-state index contributed by atoms with van der Waals surface area (Å²) in [7, 11) is -4.24. The van der Waals surface area contributed by atoms with Gasteiger partial charge in [-0.25, -0.2) is 40.9 Å². The Bertz CT molecular complexity index is 3300. The summed E-state index contributed by atoms with van der Waals surface area (Å²) in [4.78, 5) is 42.3. The number of nitrogens with one attached hydrogen (secondary N) is 2. The Hall–Kier alpha value is -6.56. The number of aryl methyl sites for hydroxylation is 1. The van der Waals surface area contributed by atoms with Crippen LogP contribution in [0.5, 0.6) is 0 Å². The number of halogens is 10. The third-order valence-corrected chi connectivity index (χ3v) is 12.0. The van der Waals surface area contributed by atoms with E-state index in [4.69, 9.17) is 16.6 Å². The normalized spacial score (nSPS) is 17.0. The van der Waals surface area contributed by atoms with Crippen molar-refractivity contribution in [3.63, 3.8) is 0 Å². The van der Waals surface area contributed by atoms with Crippen LogP contribution in [0.15, 0.2) is 65.7 Å². The van der Waals surface area contributed by atoms with Crippen LogP contribution >= 0.6 is 11.6 Å². The molecule has 1 saturated carbocycles. The summed E-state index contributed by atoms with van der Waals surface area (Å²) < 4.78 is 160. The van der Waals surface area contributed by atoms with Crippen molar-refractivity contribution >= 4 is 55.2 Å². The van der Waals surface area contributed by atoms with Crippen LogP contribution in [0, 0.1) is 24.5 Å². The minimum atomic E-state index is -5.02. The molecule has 3 aromatic carbocycles. The largest absolute Gasteiger partial charge is 0.408 e. The van der Waals surface area contributed by atoms with Crippen LogP contribution in [0.3, 0.4) is 0 Å². The summed E-state index contributed by atoms with van der Waals surface area (Å²) in [5.41, 5.74) is -3.67. The fourth-order valence-corrected chi connectivity index (χ4v) is 9.23. The second kappa shape index (κ2) is 15.8. The molecule has 0 bridgehead atoms. The van der Waals surface area contributed by atoms with E-state index >= 15 is 13.6 Å². The average molecular weight is 965 g/mol. The molecule has 66 heavy (non-hydrogen) atoms. The fraction of sp³-hybridized carbons (Fsp3) is 0.293. The quantitative estimate of drug-likeness (QED) is 0.116. The van der Waals surface area contributed by atoms with Crippen molar-refractivity contribution in [2.75, 3.05) is 11.0 Å². The Morgan fingerprint density at radius 1 is 0.985 bits per heavy atom. The maximum absolute atomic E-state index is 15.6. The molecular weight excluding hydrogens is 935 g/mol. The first kappa shape index (κ1) is 44.6. The smallest absolute Gasteiger partial charge is 0.344 e. The number of fused-ring (bicyclic) bond motifs is 5. The Morgan fingerprint density at radius 3 is 2.33 bits per heavy atom. The number of rotatable bonds is 12. The van der Waals surface area contributed by atoms with Crippen LogP contribution in [0.1, 0.15) is 59.0 Å². The van der Waals surface area contributed by atoms with Gasteiger partial charge in [-0.15, -0.1) is 0 Å². The molecule has 4 heterocycles. The highest BCUT2D eigenvalue weighted by molar-refractivity contribution is 7.92. The van der Waals surface area contributed by atoms with E-state index in [-0.39, 0.29) is 33.5 Å². The van der Waals surface area contributed by atoms with E-state index < -0.39 is 129 Å². The van der Waals surface area contributed by atoms with E-state index in [1.807, 2.05) is 4.72 Å². The Balaban J connectivity index is 1.29. The molecule has 1 amide bonds. The lowest BCUT2D eigenvalue weighted by atomic mass is 10.0. The van der Waals surface area contributed by atoms with Gasteiger partial charge in [0.05, 0.1) is 44.8 Å². The molecule has 2 aliphatic carbocycles. The zero-order valence-corrected chi connectivity index (χ0v) is 35.4. The number of nitrogens with zero attached hydrogens (tertiary/aromatic N) is 8. The second-order valence-electron chi connectivity index (χ2n) is 15.9. The van der Waals surface area contributed by atoms with Gasteiger partial charge in [0, 0.05) is 41.9 Å². The molecule has 0 aliphatic heterocycles. The zero-order chi connectivity index (χ0) is 47.4. The number of carbonyl (C=O) groups is 1. The first-order valence-corrected chi connectivity index (χ1v) is 21.9. The predicted molar refractivity (Wildman–Crippen MR) is 219 cm³/mol. The molecule has 25 heteroatoms. The Kier molecular flexibility index (Phi) is 10.7. The van der Waals surface area contributed by atoms with Crippen LogP contribution in [0.25, 0.3) is 38.6 Å².